The van der Waals surface area contributed by atoms with Crippen LogP contribution in [0.25, 0.3) is 5.69 Å². The number of aromatic nitrogens is 2. The number of aliphatic hydroxyl groups is 1. The number of aromatic hydroxyl groups is 1. The van der Waals surface area contributed by atoms with Gasteiger partial charge in [-0.3, -0.25) is 4.79 Å². The number of carbonyl (C=O) groups is 1. The molecule has 0 bridgehead atoms. The van der Waals surface area contributed by atoms with Crippen LogP contribution in [-0.4, -0.2) is 39.1 Å². The Hall–Kier alpha value is -2.34. The first-order valence-corrected chi connectivity index (χ1v) is 6.93. The van der Waals surface area contributed by atoms with Gasteiger partial charge >= 0.3 is 0 Å². The Labute approximate surface area is 123 Å². The van der Waals surface area contributed by atoms with Crippen molar-refractivity contribution >= 4 is 5.91 Å². The van der Waals surface area contributed by atoms with Gasteiger partial charge in [-0.25, -0.2) is 4.68 Å². The number of aryl methyl sites for hydroxylation is 1. The SMILES string of the molecule is CCc1ccccc1-n1cc(O)c(C(=O)NCCCO)n1. The summed E-state index contributed by atoms with van der Waals surface area (Å²) in [4.78, 5) is 11.9. The normalized spacial score (nSPS) is 10.6. The van der Waals surface area contributed by atoms with Crippen molar-refractivity contribution in [3.05, 3.63) is 41.7 Å². The minimum atomic E-state index is -0.450. The van der Waals surface area contributed by atoms with Gasteiger partial charge in [-0.15, -0.1) is 0 Å². The monoisotopic (exact) mass is 289 g/mol. The third-order valence-electron chi connectivity index (χ3n) is 3.15. The summed E-state index contributed by atoms with van der Waals surface area (Å²) in [5.74, 6) is -0.615. The van der Waals surface area contributed by atoms with Crippen LogP contribution in [0.15, 0.2) is 30.5 Å². The Kier molecular flexibility index (Phi) is 4.94. The molecule has 0 atom stereocenters. The zero-order chi connectivity index (χ0) is 15.2. The maximum absolute atomic E-state index is 11.9. The molecule has 1 heterocycles. The topological polar surface area (TPSA) is 87.4 Å². The predicted octanol–water partition coefficient (Wildman–Crippen LogP) is 1.25. The molecule has 1 aromatic carbocycles. The number of para-hydroxylation sites is 1. The van der Waals surface area contributed by atoms with E-state index in [-0.39, 0.29) is 18.1 Å². The van der Waals surface area contributed by atoms with Crippen molar-refractivity contribution in [2.75, 3.05) is 13.2 Å². The number of amides is 1. The van der Waals surface area contributed by atoms with Gasteiger partial charge in [-0.2, -0.15) is 5.10 Å². The van der Waals surface area contributed by atoms with Crippen molar-refractivity contribution in [2.45, 2.75) is 19.8 Å². The number of nitrogens with zero attached hydrogens (tertiary/aromatic N) is 2. The molecule has 0 aliphatic heterocycles. The first-order valence-electron chi connectivity index (χ1n) is 6.93. The molecule has 2 aromatic rings. The number of carbonyl (C=O) groups excluding carboxylic acids is 1. The lowest BCUT2D eigenvalue weighted by atomic mass is 10.1. The summed E-state index contributed by atoms with van der Waals surface area (Å²) in [6.45, 7) is 2.38. The van der Waals surface area contributed by atoms with E-state index in [0.717, 1.165) is 17.7 Å². The van der Waals surface area contributed by atoms with E-state index >= 15 is 0 Å². The minimum absolute atomic E-state index is 0.00454. The lowest BCUT2D eigenvalue weighted by Crippen LogP contribution is -2.25. The van der Waals surface area contributed by atoms with Crippen molar-refractivity contribution in [3.8, 4) is 11.4 Å². The summed E-state index contributed by atoms with van der Waals surface area (Å²) in [7, 11) is 0. The van der Waals surface area contributed by atoms with Crippen LogP contribution in [0, 0.1) is 0 Å². The standard InChI is InChI=1S/C15H19N3O3/c1-2-11-6-3-4-7-12(11)18-10-13(20)14(17-18)15(21)16-8-5-9-19/h3-4,6-7,10,19-20H,2,5,8-9H2,1H3,(H,16,21). The highest BCUT2D eigenvalue weighted by Crippen LogP contribution is 2.20. The Bertz CT molecular complexity index is 622. The molecule has 21 heavy (non-hydrogen) atoms. The average molecular weight is 289 g/mol. The number of benzene rings is 1. The second-order valence-electron chi connectivity index (χ2n) is 4.62. The van der Waals surface area contributed by atoms with Crippen LogP contribution >= 0.6 is 0 Å². The van der Waals surface area contributed by atoms with Crippen LogP contribution in [-0.2, 0) is 6.42 Å². The maximum atomic E-state index is 11.9. The molecule has 0 spiro atoms. The van der Waals surface area contributed by atoms with E-state index in [1.807, 2.05) is 31.2 Å². The van der Waals surface area contributed by atoms with Crippen LogP contribution in [0.2, 0.25) is 0 Å². The van der Waals surface area contributed by atoms with E-state index in [4.69, 9.17) is 5.11 Å². The summed E-state index contributed by atoms with van der Waals surface area (Å²) in [6.07, 6.45) is 2.72. The third-order valence-corrected chi connectivity index (χ3v) is 3.15. The molecule has 0 unspecified atom stereocenters. The number of hydrogen-bond donors (Lipinski definition) is 3. The average Bonchev–Trinajstić information content (AvgIpc) is 2.89. The van der Waals surface area contributed by atoms with Gasteiger partial charge in [0.2, 0.25) is 0 Å². The van der Waals surface area contributed by atoms with E-state index in [0.29, 0.717) is 13.0 Å². The number of rotatable bonds is 6. The third kappa shape index (κ3) is 3.41. The molecule has 0 radical (unpaired) electrons. The maximum Gasteiger partial charge on any atom is 0.275 e. The first kappa shape index (κ1) is 15.1. The molecule has 3 N–H and O–H groups in total. The minimum Gasteiger partial charge on any atom is -0.504 e. The lowest BCUT2D eigenvalue weighted by Gasteiger charge is -2.06. The van der Waals surface area contributed by atoms with Crippen molar-refractivity contribution in [2.24, 2.45) is 0 Å². The molecule has 1 amide bonds. The fourth-order valence-corrected chi connectivity index (χ4v) is 2.05. The second kappa shape index (κ2) is 6.90. The molecular formula is C15H19N3O3. The van der Waals surface area contributed by atoms with Crippen LogP contribution in [0.4, 0.5) is 0 Å². The van der Waals surface area contributed by atoms with Gasteiger partial charge in [0.15, 0.2) is 11.4 Å². The van der Waals surface area contributed by atoms with E-state index in [1.54, 1.807) is 0 Å². The van der Waals surface area contributed by atoms with Gasteiger partial charge < -0.3 is 15.5 Å². The quantitative estimate of drug-likeness (QED) is 0.698. The summed E-state index contributed by atoms with van der Waals surface area (Å²) < 4.78 is 1.51. The van der Waals surface area contributed by atoms with Crippen molar-refractivity contribution < 1.29 is 15.0 Å². The van der Waals surface area contributed by atoms with Crippen molar-refractivity contribution in [3.63, 3.8) is 0 Å². The number of hydrogen-bond acceptors (Lipinski definition) is 4. The molecule has 1 aromatic heterocycles. The highest BCUT2D eigenvalue weighted by atomic mass is 16.3. The molecule has 0 aliphatic rings. The molecule has 112 valence electrons. The van der Waals surface area contributed by atoms with Gasteiger partial charge in [0.1, 0.15) is 0 Å². The number of aliphatic hydroxyl groups excluding tert-OH is 1. The zero-order valence-electron chi connectivity index (χ0n) is 11.9. The van der Waals surface area contributed by atoms with Crippen LogP contribution in [0.1, 0.15) is 29.4 Å². The molecule has 0 saturated heterocycles. The van der Waals surface area contributed by atoms with E-state index in [2.05, 4.69) is 10.4 Å². The van der Waals surface area contributed by atoms with E-state index < -0.39 is 5.91 Å². The number of nitrogens with one attached hydrogen (secondary N) is 1. The zero-order valence-corrected chi connectivity index (χ0v) is 11.9. The Morgan fingerprint density at radius 3 is 2.86 bits per heavy atom. The van der Waals surface area contributed by atoms with Crippen molar-refractivity contribution in [1.29, 1.82) is 0 Å². The molecule has 0 aliphatic carbocycles. The molecular weight excluding hydrogens is 270 g/mol. The Balaban J connectivity index is 2.24. The molecule has 0 fully saturated rings. The molecule has 6 nitrogen and oxygen atoms in total. The predicted molar refractivity (Wildman–Crippen MR) is 78.6 cm³/mol. The molecule has 2 rings (SSSR count). The Morgan fingerprint density at radius 1 is 1.38 bits per heavy atom. The van der Waals surface area contributed by atoms with Crippen LogP contribution in [0.5, 0.6) is 5.75 Å². The second-order valence-corrected chi connectivity index (χ2v) is 4.62. The fraction of sp³-hybridized carbons (Fsp3) is 0.333. The van der Waals surface area contributed by atoms with E-state index in [1.165, 1.54) is 10.9 Å². The van der Waals surface area contributed by atoms with Crippen LogP contribution < -0.4 is 5.32 Å². The summed E-state index contributed by atoms with van der Waals surface area (Å²) in [5.41, 5.74) is 1.90. The van der Waals surface area contributed by atoms with Gasteiger partial charge in [0.05, 0.1) is 11.9 Å². The smallest absolute Gasteiger partial charge is 0.275 e. The highest BCUT2D eigenvalue weighted by Gasteiger charge is 2.17. The summed E-state index contributed by atoms with van der Waals surface area (Å²) in [5, 5.41) is 25.3. The van der Waals surface area contributed by atoms with Gasteiger partial charge in [-0.1, -0.05) is 25.1 Å². The molecule has 6 heteroatoms. The van der Waals surface area contributed by atoms with Gasteiger partial charge in [-0.05, 0) is 24.5 Å². The fourth-order valence-electron chi connectivity index (χ4n) is 2.05. The largest absolute Gasteiger partial charge is 0.504 e. The Morgan fingerprint density at radius 2 is 2.14 bits per heavy atom. The van der Waals surface area contributed by atoms with Gasteiger partial charge in [0.25, 0.3) is 5.91 Å². The van der Waals surface area contributed by atoms with Gasteiger partial charge in [0, 0.05) is 13.2 Å². The first-order chi connectivity index (χ1) is 10.2. The lowest BCUT2D eigenvalue weighted by molar-refractivity contribution is 0.0943. The highest BCUT2D eigenvalue weighted by molar-refractivity contribution is 5.94. The summed E-state index contributed by atoms with van der Waals surface area (Å²) >= 11 is 0. The van der Waals surface area contributed by atoms with Crippen LogP contribution in [0.3, 0.4) is 0 Å². The van der Waals surface area contributed by atoms with Crippen molar-refractivity contribution in [1.82, 2.24) is 15.1 Å². The van der Waals surface area contributed by atoms with E-state index in [9.17, 15) is 9.90 Å². The molecule has 0 saturated carbocycles. The summed E-state index contributed by atoms with van der Waals surface area (Å²) in [6, 6.07) is 7.69.